The van der Waals surface area contributed by atoms with Gasteiger partial charge in [-0.15, -0.1) is 0 Å². The first-order valence-electron chi connectivity index (χ1n) is 19.9. The maximum Gasteiger partial charge on any atom is 0.0947 e. The van der Waals surface area contributed by atoms with E-state index in [0.717, 1.165) is 34.0 Å². The summed E-state index contributed by atoms with van der Waals surface area (Å²) in [5, 5.41) is 11.3. The zero-order valence-electron chi connectivity index (χ0n) is 31.5. The Kier molecular flexibility index (Phi) is 7.26. The lowest BCUT2D eigenvalue weighted by Crippen LogP contribution is -2.24. The van der Waals surface area contributed by atoms with Crippen molar-refractivity contribution in [1.29, 1.82) is 0 Å². The molecule has 4 heteroatoms. The molecule has 58 heavy (non-hydrogen) atoms. The molecule has 0 saturated carbocycles. The SMILES string of the molecule is c1ccc(C2=Nc3ccccc3NC2c2ccc(-n3c4ccccc4c4cc(-c5ccc6c(c5)c5c7ccccc7ccc5n6-c5ccccc5)ccc43)cc2)cc1. The van der Waals surface area contributed by atoms with E-state index in [4.69, 9.17) is 4.99 Å². The van der Waals surface area contributed by atoms with Crippen LogP contribution < -0.4 is 5.32 Å². The minimum Gasteiger partial charge on any atom is -0.371 e. The Labute approximate surface area is 335 Å². The monoisotopic (exact) mass is 740 g/mol. The van der Waals surface area contributed by atoms with E-state index in [1.807, 2.05) is 6.07 Å². The lowest BCUT2D eigenvalue weighted by atomic mass is 9.94. The van der Waals surface area contributed by atoms with Crippen LogP contribution in [0.2, 0.25) is 0 Å². The normalized spacial score (nSPS) is 13.9. The third kappa shape index (κ3) is 5.05. The second-order valence-corrected chi connectivity index (χ2v) is 15.2. The molecule has 1 N–H and O–H groups in total. The smallest absolute Gasteiger partial charge is 0.0947 e. The molecule has 9 aromatic carbocycles. The molecule has 0 aliphatic carbocycles. The van der Waals surface area contributed by atoms with Gasteiger partial charge in [-0.05, 0) is 106 Å². The quantitative estimate of drug-likeness (QED) is 0.187. The van der Waals surface area contributed by atoms with Crippen LogP contribution in [0, 0.1) is 0 Å². The summed E-state index contributed by atoms with van der Waals surface area (Å²) < 4.78 is 4.80. The summed E-state index contributed by atoms with van der Waals surface area (Å²) in [6, 6.07) is 74.4. The molecule has 1 aliphatic heterocycles. The van der Waals surface area contributed by atoms with Crippen LogP contribution in [0.5, 0.6) is 0 Å². The van der Waals surface area contributed by atoms with Crippen LogP contribution in [-0.2, 0) is 0 Å². The number of aliphatic imine (C=N–C) groups is 1. The average molecular weight is 741 g/mol. The molecular formula is C54H36N4. The highest BCUT2D eigenvalue weighted by molar-refractivity contribution is 6.22. The fraction of sp³-hybridized carbons (Fsp3) is 0.0185. The van der Waals surface area contributed by atoms with E-state index in [9.17, 15) is 0 Å². The minimum absolute atomic E-state index is 0.0795. The van der Waals surface area contributed by atoms with Crippen molar-refractivity contribution in [2.24, 2.45) is 4.99 Å². The molecule has 272 valence electrons. The Morgan fingerprint density at radius 1 is 0.397 bits per heavy atom. The van der Waals surface area contributed by atoms with Gasteiger partial charge in [-0.1, -0.05) is 133 Å². The van der Waals surface area contributed by atoms with Crippen molar-refractivity contribution >= 4 is 71.5 Å². The van der Waals surface area contributed by atoms with E-state index in [0.29, 0.717) is 0 Å². The molecule has 0 fully saturated rings. The maximum absolute atomic E-state index is 5.17. The van der Waals surface area contributed by atoms with Gasteiger partial charge in [0.2, 0.25) is 0 Å². The van der Waals surface area contributed by atoms with Crippen molar-refractivity contribution in [2.45, 2.75) is 6.04 Å². The van der Waals surface area contributed by atoms with E-state index >= 15 is 0 Å². The highest BCUT2D eigenvalue weighted by atomic mass is 15.0. The van der Waals surface area contributed by atoms with Crippen molar-refractivity contribution in [3.05, 3.63) is 217 Å². The molecule has 0 radical (unpaired) electrons. The molecule has 12 rings (SSSR count). The number of nitrogens with zero attached hydrogens (tertiary/aromatic N) is 3. The molecule has 1 atom stereocenters. The zero-order valence-corrected chi connectivity index (χ0v) is 31.5. The summed E-state index contributed by atoms with van der Waals surface area (Å²) in [5.74, 6) is 0. The molecule has 0 saturated heterocycles. The number of fused-ring (bicyclic) bond motifs is 9. The van der Waals surface area contributed by atoms with Gasteiger partial charge in [0.05, 0.1) is 45.2 Å². The molecule has 11 aromatic rings. The fourth-order valence-electron chi connectivity index (χ4n) is 9.26. The van der Waals surface area contributed by atoms with Crippen LogP contribution in [0.25, 0.3) is 76.9 Å². The second kappa shape index (κ2) is 12.9. The molecule has 0 bridgehead atoms. The number of nitrogens with one attached hydrogen (secondary N) is 1. The Morgan fingerprint density at radius 2 is 0.983 bits per heavy atom. The van der Waals surface area contributed by atoms with Crippen LogP contribution in [0.4, 0.5) is 11.4 Å². The Balaban J connectivity index is 0.977. The molecule has 4 nitrogen and oxygen atoms in total. The number of hydrogen-bond acceptors (Lipinski definition) is 2. The van der Waals surface area contributed by atoms with Gasteiger partial charge in [-0.25, -0.2) is 4.99 Å². The molecule has 3 heterocycles. The molecule has 1 unspecified atom stereocenters. The standard InChI is InChI=1S/C54H36N4/c1-3-14-36(15-4-1)53-54(56-47-21-11-10-20-46(47)55-53)37-23-28-41(29-24-37)57-48-22-12-9-19-43(48)44-33-38(26-30-49(44)57)39-27-31-50-45(34-39)52-42-18-8-7-13-35(42)25-32-51(52)58(50)40-16-5-2-6-17-40/h1-34,54,56H. The van der Waals surface area contributed by atoms with Gasteiger partial charge in [0, 0.05) is 32.9 Å². The third-order valence-electron chi connectivity index (χ3n) is 11.9. The van der Waals surface area contributed by atoms with Crippen LogP contribution >= 0.6 is 0 Å². The molecule has 1 aliphatic rings. The summed E-state index contributed by atoms with van der Waals surface area (Å²) in [6.45, 7) is 0. The van der Waals surface area contributed by atoms with Crippen LogP contribution in [-0.4, -0.2) is 14.8 Å². The summed E-state index contributed by atoms with van der Waals surface area (Å²) in [5.41, 5.74) is 14.8. The van der Waals surface area contributed by atoms with E-state index in [1.54, 1.807) is 0 Å². The number of para-hydroxylation sites is 4. The van der Waals surface area contributed by atoms with Gasteiger partial charge in [-0.2, -0.15) is 0 Å². The van der Waals surface area contributed by atoms with Crippen LogP contribution in [0.15, 0.2) is 211 Å². The maximum atomic E-state index is 5.17. The zero-order chi connectivity index (χ0) is 38.2. The predicted octanol–water partition coefficient (Wildman–Crippen LogP) is 14.0. The van der Waals surface area contributed by atoms with Gasteiger partial charge < -0.3 is 14.5 Å². The first-order chi connectivity index (χ1) is 28.8. The van der Waals surface area contributed by atoms with Gasteiger partial charge in [0.1, 0.15) is 0 Å². The average Bonchev–Trinajstić information content (AvgIpc) is 3.82. The van der Waals surface area contributed by atoms with Gasteiger partial charge >= 0.3 is 0 Å². The Morgan fingerprint density at radius 3 is 1.79 bits per heavy atom. The highest BCUT2D eigenvalue weighted by Crippen LogP contribution is 2.41. The summed E-state index contributed by atoms with van der Waals surface area (Å²) >= 11 is 0. The minimum atomic E-state index is -0.0795. The topological polar surface area (TPSA) is 34.2 Å². The molecular weight excluding hydrogens is 705 g/mol. The lowest BCUT2D eigenvalue weighted by molar-refractivity contribution is 1.01. The summed E-state index contributed by atoms with van der Waals surface area (Å²) in [7, 11) is 0. The number of benzene rings is 9. The van der Waals surface area contributed by atoms with Crippen molar-refractivity contribution in [3.63, 3.8) is 0 Å². The first kappa shape index (κ1) is 32.5. The van der Waals surface area contributed by atoms with Crippen molar-refractivity contribution in [1.82, 2.24) is 9.13 Å². The largest absolute Gasteiger partial charge is 0.371 e. The van der Waals surface area contributed by atoms with Gasteiger partial charge in [-0.3, -0.25) is 0 Å². The van der Waals surface area contributed by atoms with E-state index < -0.39 is 0 Å². The number of anilines is 1. The van der Waals surface area contributed by atoms with E-state index in [2.05, 4.69) is 215 Å². The third-order valence-corrected chi connectivity index (χ3v) is 11.9. The number of hydrogen-bond donors (Lipinski definition) is 1. The van der Waals surface area contributed by atoms with E-state index in [1.165, 1.54) is 71.1 Å². The van der Waals surface area contributed by atoms with Crippen molar-refractivity contribution in [3.8, 4) is 22.5 Å². The van der Waals surface area contributed by atoms with Gasteiger partial charge in [0.25, 0.3) is 0 Å². The first-order valence-corrected chi connectivity index (χ1v) is 19.9. The molecule has 0 amide bonds. The summed E-state index contributed by atoms with van der Waals surface area (Å²) in [4.78, 5) is 5.17. The van der Waals surface area contributed by atoms with Crippen LogP contribution in [0.1, 0.15) is 17.2 Å². The second-order valence-electron chi connectivity index (χ2n) is 15.2. The van der Waals surface area contributed by atoms with Gasteiger partial charge in [0.15, 0.2) is 0 Å². The van der Waals surface area contributed by atoms with Crippen molar-refractivity contribution in [2.75, 3.05) is 5.32 Å². The van der Waals surface area contributed by atoms with Crippen LogP contribution in [0.3, 0.4) is 0 Å². The molecule has 0 spiro atoms. The fourth-order valence-corrected chi connectivity index (χ4v) is 9.26. The predicted molar refractivity (Wildman–Crippen MR) is 244 cm³/mol. The number of aromatic nitrogens is 2. The van der Waals surface area contributed by atoms with Crippen molar-refractivity contribution < 1.29 is 0 Å². The summed E-state index contributed by atoms with van der Waals surface area (Å²) in [6.07, 6.45) is 0. The Hall–Kier alpha value is -7.69. The number of rotatable bonds is 5. The Bertz CT molecular complexity index is 3410. The molecule has 2 aromatic heterocycles. The lowest BCUT2D eigenvalue weighted by Gasteiger charge is -2.28. The highest BCUT2D eigenvalue weighted by Gasteiger charge is 2.26. The van der Waals surface area contributed by atoms with E-state index in [-0.39, 0.29) is 6.04 Å².